The van der Waals surface area contributed by atoms with Crippen LogP contribution in [-0.4, -0.2) is 61.4 Å². The van der Waals surface area contributed by atoms with Crippen LogP contribution < -0.4 is 0 Å². The van der Waals surface area contributed by atoms with E-state index >= 15 is 0 Å². The highest BCUT2D eigenvalue weighted by atomic mass is 16.5. The van der Waals surface area contributed by atoms with Crippen molar-refractivity contribution in [3.63, 3.8) is 0 Å². The number of carbonyl (C=O) groups is 3. The monoisotopic (exact) mass is 301 g/mol. The van der Waals surface area contributed by atoms with Gasteiger partial charge in [0.05, 0.1) is 6.61 Å². The normalized spacial score (nSPS) is 10.7. The molecule has 0 unspecified atom stereocenters. The second-order valence-electron chi connectivity index (χ2n) is 5.28. The molecule has 0 saturated heterocycles. The van der Waals surface area contributed by atoms with Crippen LogP contribution in [0.4, 0.5) is 0 Å². The lowest BCUT2D eigenvalue weighted by Gasteiger charge is -2.08. The van der Waals surface area contributed by atoms with E-state index in [4.69, 9.17) is 9.84 Å². The van der Waals surface area contributed by atoms with Crippen LogP contribution in [0, 0.1) is 0 Å². The fourth-order valence-corrected chi connectivity index (χ4v) is 1.70. The number of aliphatic hydroxyl groups is 1. The first-order valence-corrected chi connectivity index (χ1v) is 7.40. The first-order chi connectivity index (χ1) is 9.95. The molecular weight excluding hydrogens is 274 g/mol. The molecule has 122 valence electrons. The predicted octanol–water partition coefficient (Wildman–Crippen LogP) is 0.952. The summed E-state index contributed by atoms with van der Waals surface area (Å²) in [4.78, 5) is 36.0. The van der Waals surface area contributed by atoms with Crippen molar-refractivity contribution < 1.29 is 24.2 Å². The summed E-state index contributed by atoms with van der Waals surface area (Å²) in [7, 11) is 3.96. The number of carbonyl (C=O) groups excluding carboxylic acids is 3. The zero-order valence-corrected chi connectivity index (χ0v) is 13.1. The molecule has 0 aromatic heterocycles. The van der Waals surface area contributed by atoms with Crippen molar-refractivity contribution in [2.45, 2.75) is 44.9 Å². The van der Waals surface area contributed by atoms with Gasteiger partial charge >= 0.3 is 5.97 Å². The summed E-state index contributed by atoms with van der Waals surface area (Å²) in [5.74, 6) is -0.497. The number of aliphatic hydroxyl groups excluding tert-OH is 1. The maximum atomic E-state index is 11.5. The van der Waals surface area contributed by atoms with Gasteiger partial charge < -0.3 is 14.7 Å². The van der Waals surface area contributed by atoms with Crippen molar-refractivity contribution in [1.29, 1.82) is 0 Å². The molecule has 0 fully saturated rings. The summed E-state index contributed by atoms with van der Waals surface area (Å²) in [5, 5.41) is 8.56. The molecule has 0 aliphatic rings. The van der Waals surface area contributed by atoms with Gasteiger partial charge in [-0.15, -0.1) is 0 Å². The minimum atomic E-state index is -0.280. The summed E-state index contributed by atoms with van der Waals surface area (Å²) >= 11 is 0. The van der Waals surface area contributed by atoms with Crippen LogP contribution in [0.2, 0.25) is 0 Å². The summed E-state index contributed by atoms with van der Waals surface area (Å²) in [5.41, 5.74) is 0. The molecule has 0 heterocycles. The van der Waals surface area contributed by atoms with Gasteiger partial charge in [-0.1, -0.05) is 0 Å². The number of Topliss-reactive ketones (excluding diaryl/α,β-unsaturated/α-hetero) is 2. The fourth-order valence-electron chi connectivity index (χ4n) is 1.70. The third-order valence-electron chi connectivity index (χ3n) is 2.95. The van der Waals surface area contributed by atoms with Crippen LogP contribution >= 0.6 is 0 Å². The van der Waals surface area contributed by atoms with Gasteiger partial charge in [-0.05, 0) is 33.5 Å². The smallest absolute Gasteiger partial charge is 0.305 e. The number of hydrogen-bond acceptors (Lipinski definition) is 6. The van der Waals surface area contributed by atoms with E-state index in [1.807, 2.05) is 14.1 Å². The van der Waals surface area contributed by atoms with Crippen molar-refractivity contribution in [2.75, 3.05) is 33.9 Å². The van der Waals surface area contributed by atoms with E-state index in [1.54, 1.807) is 0 Å². The van der Waals surface area contributed by atoms with Crippen LogP contribution in [0.5, 0.6) is 0 Å². The first-order valence-electron chi connectivity index (χ1n) is 7.40. The Kier molecular flexibility index (Phi) is 11.7. The minimum absolute atomic E-state index is 0.0829. The summed E-state index contributed by atoms with van der Waals surface area (Å²) in [6.07, 6.45) is 2.63. The summed E-state index contributed by atoms with van der Waals surface area (Å²) < 4.78 is 4.98. The van der Waals surface area contributed by atoms with E-state index in [2.05, 4.69) is 4.90 Å². The van der Waals surface area contributed by atoms with Gasteiger partial charge in [0, 0.05) is 38.7 Å². The molecular formula is C15H27NO5. The number of unbranched alkanes of at least 4 members (excludes halogenated alkanes) is 1. The number of rotatable bonds is 13. The minimum Gasteiger partial charge on any atom is -0.465 e. The first kappa shape index (κ1) is 19.7. The Morgan fingerprint density at radius 3 is 2.10 bits per heavy atom. The molecule has 0 aromatic rings. The molecule has 6 nitrogen and oxygen atoms in total. The highest BCUT2D eigenvalue weighted by Gasteiger charge is 2.08. The van der Waals surface area contributed by atoms with Gasteiger partial charge in [-0.3, -0.25) is 14.4 Å². The van der Waals surface area contributed by atoms with Gasteiger partial charge in [-0.25, -0.2) is 0 Å². The lowest BCUT2D eigenvalue weighted by atomic mass is 10.1. The molecule has 0 saturated carbocycles. The van der Waals surface area contributed by atoms with Crippen LogP contribution in [0.3, 0.4) is 0 Å². The van der Waals surface area contributed by atoms with E-state index in [-0.39, 0.29) is 56.4 Å². The Hall–Kier alpha value is -1.27. The lowest BCUT2D eigenvalue weighted by molar-refractivity contribution is -0.144. The molecule has 0 amide bonds. The Bertz CT molecular complexity index is 328. The molecule has 0 aliphatic heterocycles. The number of esters is 1. The second kappa shape index (κ2) is 12.5. The van der Waals surface area contributed by atoms with Gasteiger partial charge in [0.25, 0.3) is 0 Å². The number of nitrogens with zero attached hydrogens (tertiary/aromatic N) is 1. The van der Waals surface area contributed by atoms with E-state index < -0.39 is 0 Å². The molecule has 6 heteroatoms. The zero-order chi connectivity index (χ0) is 16.1. The van der Waals surface area contributed by atoms with Crippen LogP contribution in [0.15, 0.2) is 0 Å². The van der Waals surface area contributed by atoms with E-state index in [1.165, 1.54) is 0 Å². The molecule has 0 aromatic carbocycles. The molecule has 0 rings (SSSR count). The Morgan fingerprint density at radius 2 is 1.52 bits per heavy atom. The SMILES string of the molecule is CN(C)CCCCC(=O)OCCC(=O)CCC(=O)CCO. The van der Waals surface area contributed by atoms with Crippen LogP contribution in [0.25, 0.3) is 0 Å². The largest absolute Gasteiger partial charge is 0.465 e. The van der Waals surface area contributed by atoms with Crippen LogP contribution in [-0.2, 0) is 19.1 Å². The van der Waals surface area contributed by atoms with Gasteiger partial charge in [0.1, 0.15) is 11.6 Å². The average Bonchev–Trinajstić information content (AvgIpc) is 2.41. The maximum Gasteiger partial charge on any atom is 0.305 e. The summed E-state index contributed by atoms with van der Waals surface area (Å²) in [6.45, 7) is 0.839. The number of hydrogen-bond donors (Lipinski definition) is 1. The molecule has 0 spiro atoms. The van der Waals surface area contributed by atoms with E-state index in [0.717, 1.165) is 19.4 Å². The van der Waals surface area contributed by atoms with Gasteiger partial charge in [-0.2, -0.15) is 0 Å². The second-order valence-corrected chi connectivity index (χ2v) is 5.28. The molecule has 1 N–H and O–H groups in total. The maximum absolute atomic E-state index is 11.5. The molecule has 0 atom stereocenters. The topological polar surface area (TPSA) is 83.9 Å². The fraction of sp³-hybridized carbons (Fsp3) is 0.800. The average molecular weight is 301 g/mol. The standard InChI is InChI=1S/C15H27NO5/c1-16(2)10-4-3-5-15(20)21-12-9-14(19)7-6-13(18)8-11-17/h17H,3-12H2,1-2H3. The highest BCUT2D eigenvalue weighted by Crippen LogP contribution is 2.02. The van der Waals surface area contributed by atoms with E-state index in [9.17, 15) is 14.4 Å². The number of ketones is 2. The summed E-state index contributed by atoms with van der Waals surface area (Å²) in [6, 6.07) is 0. The Balaban J connectivity index is 3.53. The molecule has 0 radical (unpaired) electrons. The van der Waals surface area contributed by atoms with Crippen molar-refractivity contribution in [3.8, 4) is 0 Å². The molecule has 21 heavy (non-hydrogen) atoms. The van der Waals surface area contributed by atoms with Crippen molar-refractivity contribution in [1.82, 2.24) is 4.90 Å². The van der Waals surface area contributed by atoms with Crippen molar-refractivity contribution >= 4 is 17.5 Å². The third-order valence-corrected chi connectivity index (χ3v) is 2.95. The highest BCUT2D eigenvalue weighted by molar-refractivity contribution is 5.86. The third kappa shape index (κ3) is 13.5. The molecule has 0 aliphatic carbocycles. The number of ether oxygens (including phenoxy) is 1. The van der Waals surface area contributed by atoms with Gasteiger partial charge in [0.2, 0.25) is 0 Å². The quantitative estimate of drug-likeness (QED) is 0.403. The van der Waals surface area contributed by atoms with E-state index in [0.29, 0.717) is 6.42 Å². The van der Waals surface area contributed by atoms with Crippen molar-refractivity contribution in [3.05, 3.63) is 0 Å². The molecule has 0 bridgehead atoms. The lowest BCUT2D eigenvalue weighted by Crippen LogP contribution is -2.14. The van der Waals surface area contributed by atoms with Crippen LogP contribution in [0.1, 0.15) is 44.9 Å². The Labute approximate surface area is 126 Å². The van der Waals surface area contributed by atoms with Crippen molar-refractivity contribution in [2.24, 2.45) is 0 Å². The van der Waals surface area contributed by atoms with Gasteiger partial charge in [0.15, 0.2) is 0 Å². The predicted molar refractivity (Wildman–Crippen MR) is 78.9 cm³/mol. The zero-order valence-electron chi connectivity index (χ0n) is 13.1. The Morgan fingerprint density at radius 1 is 0.905 bits per heavy atom.